The van der Waals surface area contributed by atoms with E-state index >= 15 is 0 Å². The highest BCUT2D eigenvalue weighted by molar-refractivity contribution is 5.93. The number of hydrogen-bond donors (Lipinski definition) is 2. The van der Waals surface area contributed by atoms with Gasteiger partial charge >= 0.3 is 0 Å². The minimum Gasteiger partial charge on any atom is -0.385 e. The Kier molecular flexibility index (Phi) is 5.60. The van der Waals surface area contributed by atoms with E-state index in [-0.39, 0.29) is 11.9 Å². The first-order valence-electron chi connectivity index (χ1n) is 5.78. The van der Waals surface area contributed by atoms with Gasteiger partial charge in [-0.3, -0.25) is 10.1 Å². The number of nitrogens with zero attached hydrogens (tertiary/aromatic N) is 3. The van der Waals surface area contributed by atoms with Crippen molar-refractivity contribution < 1.29 is 9.53 Å². The molecule has 1 aromatic heterocycles. The number of carbonyl (C=O) groups is 1. The van der Waals surface area contributed by atoms with Gasteiger partial charge in [0.15, 0.2) is 0 Å². The van der Waals surface area contributed by atoms with Gasteiger partial charge in [0.05, 0.1) is 17.4 Å². The van der Waals surface area contributed by atoms with Crippen LogP contribution in [-0.2, 0) is 9.53 Å². The molecule has 0 aromatic carbocycles. The molecule has 1 amide bonds. The van der Waals surface area contributed by atoms with Gasteiger partial charge in [0.2, 0.25) is 11.9 Å². The average molecular weight is 253 g/mol. The van der Waals surface area contributed by atoms with Crippen molar-refractivity contribution in [3.8, 4) is 0 Å². The lowest BCUT2D eigenvalue weighted by Gasteiger charge is -2.11. The molecule has 1 unspecified atom stereocenters. The monoisotopic (exact) mass is 253 g/mol. The zero-order chi connectivity index (χ0) is 13.5. The largest absolute Gasteiger partial charge is 0.385 e. The van der Waals surface area contributed by atoms with E-state index in [1.165, 1.54) is 0 Å². The predicted octanol–water partition coefficient (Wildman–Crippen LogP) is 0.181. The zero-order valence-electron chi connectivity index (χ0n) is 10.9. The summed E-state index contributed by atoms with van der Waals surface area (Å²) in [6, 6.07) is -0.592. The molecule has 1 rings (SSSR count). The van der Waals surface area contributed by atoms with Crippen LogP contribution >= 0.6 is 0 Å². The Morgan fingerprint density at radius 1 is 1.39 bits per heavy atom. The molecule has 7 heteroatoms. The number of amides is 1. The fraction of sp³-hybridized carbons (Fsp3) is 0.636. The predicted molar refractivity (Wildman–Crippen MR) is 67.0 cm³/mol. The molecule has 0 fully saturated rings. The van der Waals surface area contributed by atoms with E-state index in [0.29, 0.717) is 13.0 Å². The summed E-state index contributed by atoms with van der Waals surface area (Å²) in [4.78, 5) is 15.8. The van der Waals surface area contributed by atoms with Gasteiger partial charge in [-0.05, 0) is 26.7 Å². The molecule has 1 aromatic rings. The molecule has 0 aliphatic heterocycles. The smallest absolute Gasteiger partial charge is 0.249 e. The van der Waals surface area contributed by atoms with Crippen LogP contribution in [0.3, 0.4) is 0 Å². The second kappa shape index (κ2) is 6.97. The topological polar surface area (TPSA) is 103 Å². The minimum absolute atomic E-state index is 0.185. The fourth-order valence-corrected chi connectivity index (χ4v) is 1.29. The third-order valence-corrected chi connectivity index (χ3v) is 2.53. The summed E-state index contributed by atoms with van der Waals surface area (Å²) in [6.07, 6.45) is 1.29. The molecule has 0 bridgehead atoms. The van der Waals surface area contributed by atoms with Crippen molar-refractivity contribution in [1.82, 2.24) is 15.2 Å². The highest BCUT2D eigenvalue weighted by atomic mass is 16.5. The molecule has 1 heterocycles. The van der Waals surface area contributed by atoms with Gasteiger partial charge in [0.25, 0.3) is 0 Å². The maximum atomic E-state index is 11.7. The van der Waals surface area contributed by atoms with Crippen molar-refractivity contribution in [2.45, 2.75) is 32.7 Å². The van der Waals surface area contributed by atoms with E-state index < -0.39 is 6.04 Å². The maximum Gasteiger partial charge on any atom is 0.249 e. The number of anilines is 1. The fourth-order valence-electron chi connectivity index (χ4n) is 1.29. The van der Waals surface area contributed by atoms with Crippen LogP contribution in [0.1, 0.15) is 24.2 Å². The molecule has 0 saturated carbocycles. The van der Waals surface area contributed by atoms with E-state index in [9.17, 15) is 4.79 Å². The lowest BCUT2D eigenvalue weighted by atomic mass is 10.1. The highest BCUT2D eigenvalue weighted by Crippen LogP contribution is 2.03. The molecule has 18 heavy (non-hydrogen) atoms. The number of nitrogens with two attached hydrogens (primary N) is 1. The van der Waals surface area contributed by atoms with Crippen LogP contribution in [0.4, 0.5) is 5.95 Å². The number of carbonyl (C=O) groups excluding carboxylic acids is 1. The summed E-state index contributed by atoms with van der Waals surface area (Å²) in [7, 11) is 1.61. The summed E-state index contributed by atoms with van der Waals surface area (Å²) < 4.78 is 4.90. The third-order valence-electron chi connectivity index (χ3n) is 2.53. The molecule has 3 N–H and O–H groups in total. The lowest BCUT2D eigenvalue weighted by molar-refractivity contribution is -0.117. The van der Waals surface area contributed by atoms with Crippen molar-refractivity contribution in [2.24, 2.45) is 5.73 Å². The van der Waals surface area contributed by atoms with Crippen molar-refractivity contribution in [3.05, 3.63) is 11.4 Å². The van der Waals surface area contributed by atoms with E-state index in [4.69, 9.17) is 10.5 Å². The highest BCUT2D eigenvalue weighted by Gasteiger charge is 2.14. The molecule has 0 aliphatic rings. The van der Waals surface area contributed by atoms with Crippen LogP contribution in [0.25, 0.3) is 0 Å². The van der Waals surface area contributed by atoms with E-state index in [2.05, 4.69) is 20.5 Å². The Hall–Kier alpha value is -1.60. The standard InChI is InChI=1S/C11H19N5O2/c1-7-8(2)15-16-11(13-7)14-10(17)9(12)5-4-6-18-3/h9H,4-6,12H2,1-3H3,(H,13,14,16,17). The van der Waals surface area contributed by atoms with Crippen molar-refractivity contribution >= 4 is 11.9 Å². The maximum absolute atomic E-state index is 11.7. The van der Waals surface area contributed by atoms with Gasteiger partial charge < -0.3 is 10.5 Å². The van der Waals surface area contributed by atoms with Crippen molar-refractivity contribution in [1.29, 1.82) is 0 Å². The average Bonchev–Trinajstić information content (AvgIpc) is 2.34. The molecule has 7 nitrogen and oxygen atoms in total. The summed E-state index contributed by atoms with van der Waals surface area (Å²) in [5.41, 5.74) is 7.19. The molecule has 0 saturated heterocycles. The van der Waals surface area contributed by atoms with E-state index in [1.807, 2.05) is 0 Å². The Labute approximate surface area is 106 Å². The third kappa shape index (κ3) is 4.34. The Bertz CT molecular complexity index is 410. The molecule has 1 atom stereocenters. The number of methoxy groups -OCH3 is 1. The summed E-state index contributed by atoms with van der Waals surface area (Å²) >= 11 is 0. The summed E-state index contributed by atoms with van der Waals surface area (Å²) in [5, 5.41) is 10.2. The Morgan fingerprint density at radius 2 is 2.11 bits per heavy atom. The van der Waals surface area contributed by atoms with Gasteiger partial charge in [-0.1, -0.05) is 0 Å². The molecular formula is C11H19N5O2. The van der Waals surface area contributed by atoms with Crippen LogP contribution in [-0.4, -0.2) is 40.8 Å². The number of aromatic nitrogens is 3. The van der Waals surface area contributed by atoms with Crippen LogP contribution < -0.4 is 11.1 Å². The summed E-state index contributed by atoms with van der Waals surface area (Å²) in [6.45, 7) is 4.19. The van der Waals surface area contributed by atoms with Crippen molar-refractivity contribution in [3.63, 3.8) is 0 Å². The van der Waals surface area contributed by atoms with Crippen LogP contribution in [0.2, 0.25) is 0 Å². The Morgan fingerprint density at radius 3 is 2.72 bits per heavy atom. The van der Waals surface area contributed by atoms with Crippen LogP contribution in [0, 0.1) is 13.8 Å². The zero-order valence-corrected chi connectivity index (χ0v) is 10.9. The number of hydrogen-bond acceptors (Lipinski definition) is 6. The molecule has 0 aliphatic carbocycles. The second-order valence-corrected chi connectivity index (χ2v) is 4.04. The van der Waals surface area contributed by atoms with Gasteiger partial charge in [0.1, 0.15) is 0 Å². The van der Waals surface area contributed by atoms with Crippen molar-refractivity contribution in [2.75, 3.05) is 19.0 Å². The molecule has 0 radical (unpaired) electrons. The van der Waals surface area contributed by atoms with Gasteiger partial charge in [-0.25, -0.2) is 4.98 Å². The number of ether oxygens (including phenoxy) is 1. The first kappa shape index (κ1) is 14.5. The number of nitrogens with one attached hydrogen (secondary N) is 1. The SMILES string of the molecule is COCCCC(N)C(=O)Nc1nnc(C)c(C)n1. The van der Waals surface area contributed by atoms with Crippen LogP contribution in [0.5, 0.6) is 0 Å². The number of aryl methyl sites for hydroxylation is 2. The van der Waals surface area contributed by atoms with Gasteiger partial charge in [-0.15, -0.1) is 5.10 Å². The van der Waals surface area contributed by atoms with E-state index in [0.717, 1.165) is 17.8 Å². The summed E-state index contributed by atoms with van der Waals surface area (Å²) in [5.74, 6) is -0.124. The first-order valence-corrected chi connectivity index (χ1v) is 5.78. The minimum atomic E-state index is -0.592. The Balaban J connectivity index is 2.50. The second-order valence-electron chi connectivity index (χ2n) is 4.04. The van der Waals surface area contributed by atoms with Gasteiger partial charge in [0, 0.05) is 13.7 Å². The molecular weight excluding hydrogens is 234 g/mol. The van der Waals surface area contributed by atoms with E-state index in [1.54, 1.807) is 21.0 Å². The first-order chi connectivity index (χ1) is 8.54. The molecule has 100 valence electrons. The normalized spacial score (nSPS) is 12.2. The van der Waals surface area contributed by atoms with Gasteiger partial charge in [-0.2, -0.15) is 5.10 Å². The quantitative estimate of drug-likeness (QED) is 0.701. The van der Waals surface area contributed by atoms with Crippen LogP contribution in [0.15, 0.2) is 0 Å². The number of rotatable bonds is 6. The lowest BCUT2D eigenvalue weighted by Crippen LogP contribution is -2.36. The molecule has 0 spiro atoms.